The zero-order valence-corrected chi connectivity index (χ0v) is 9.74. The van der Waals surface area contributed by atoms with Gasteiger partial charge in [0.05, 0.1) is 0 Å². The molecule has 0 amide bonds. The number of hydrogen-bond acceptors (Lipinski definition) is 3. The minimum Gasteiger partial charge on any atom is -0.372 e. The Bertz CT molecular complexity index is 429. The summed E-state index contributed by atoms with van der Waals surface area (Å²) in [5.74, 6) is 0. The third kappa shape index (κ3) is 4.89. The Morgan fingerprint density at radius 2 is 2.11 bits per heavy atom. The molecule has 1 heterocycles. The summed E-state index contributed by atoms with van der Waals surface area (Å²) >= 11 is 0. The molecule has 0 aliphatic rings. The first-order chi connectivity index (χ1) is 8.44. The monoisotopic (exact) mass is 264 g/mol. The van der Waals surface area contributed by atoms with Crippen LogP contribution in [-0.2, 0) is 17.8 Å². The van der Waals surface area contributed by atoms with Gasteiger partial charge in [0.1, 0.15) is 6.61 Å². The maximum Gasteiger partial charge on any atom is 0.411 e. The fourth-order valence-electron chi connectivity index (χ4n) is 1.44. The number of nitrogens with two attached hydrogens (primary N) is 1. The Kier molecular flexibility index (Phi) is 5.36. The van der Waals surface area contributed by atoms with Crippen LogP contribution in [0.2, 0.25) is 0 Å². The van der Waals surface area contributed by atoms with Crippen molar-refractivity contribution in [2.24, 2.45) is 5.73 Å². The molecule has 0 bridgehead atoms. The summed E-state index contributed by atoms with van der Waals surface area (Å²) in [7, 11) is 0. The third-order valence-corrected chi connectivity index (χ3v) is 2.27. The smallest absolute Gasteiger partial charge is 0.372 e. The SMILES string of the molecule is NCc1cccn(CCCOCC(F)(F)F)c1=O. The van der Waals surface area contributed by atoms with E-state index in [9.17, 15) is 18.0 Å². The maximum absolute atomic E-state index is 11.8. The highest BCUT2D eigenvalue weighted by Crippen LogP contribution is 2.14. The van der Waals surface area contributed by atoms with Crippen molar-refractivity contribution in [3.05, 3.63) is 34.2 Å². The fraction of sp³-hybridized carbons (Fsp3) is 0.545. The summed E-state index contributed by atoms with van der Waals surface area (Å²) in [6.07, 6.45) is -2.40. The average molecular weight is 264 g/mol. The molecule has 0 saturated carbocycles. The van der Waals surface area contributed by atoms with Gasteiger partial charge in [-0.2, -0.15) is 13.2 Å². The number of halogens is 3. The third-order valence-electron chi connectivity index (χ3n) is 2.27. The molecule has 0 atom stereocenters. The molecular weight excluding hydrogens is 249 g/mol. The van der Waals surface area contributed by atoms with E-state index < -0.39 is 12.8 Å². The van der Waals surface area contributed by atoms with Crippen LogP contribution in [0, 0.1) is 0 Å². The molecule has 0 radical (unpaired) electrons. The minimum absolute atomic E-state index is 0.0429. The topological polar surface area (TPSA) is 57.2 Å². The first-order valence-electron chi connectivity index (χ1n) is 5.47. The van der Waals surface area contributed by atoms with E-state index >= 15 is 0 Å². The van der Waals surface area contributed by atoms with Gasteiger partial charge < -0.3 is 15.0 Å². The number of aromatic nitrogens is 1. The van der Waals surface area contributed by atoms with Crippen molar-refractivity contribution < 1.29 is 17.9 Å². The lowest BCUT2D eigenvalue weighted by molar-refractivity contribution is -0.174. The Morgan fingerprint density at radius 1 is 1.39 bits per heavy atom. The lowest BCUT2D eigenvalue weighted by Crippen LogP contribution is -2.25. The molecular formula is C11H15F3N2O2. The molecule has 0 aliphatic heterocycles. The highest BCUT2D eigenvalue weighted by Gasteiger charge is 2.27. The molecule has 0 fully saturated rings. The maximum atomic E-state index is 11.8. The van der Waals surface area contributed by atoms with E-state index in [1.807, 2.05) is 0 Å². The van der Waals surface area contributed by atoms with Gasteiger partial charge in [-0.15, -0.1) is 0 Å². The molecule has 0 unspecified atom stereocenters. The largest absolute Gasteiger partial charge is 0.411 e. The normalized spacial score (nSPS) is 11.8. The molecule has 0 aromatic carbocycles. The number of hydrogen-bond donors (Lipinski definition) is 1. The van der Waals surface area contributed by atoms with Crippen molar-refractivity contribution in [3.8, 4) is 0 Å². The second-order valence-corrected chi connectivity index (χ2v) is 3.76. The van der Waals surface area contributed by atoms with Crippen LogP contribution in [0.25, 0.3) is 0 Å². The molecule has 0 saturated heterocycles. The van der Waals surface area contributed by atoms with Gasteiger partial charge in [0.15, 0.2) is 0 Å². The van der Waals surface area contributed by atoms with Gasteiger partial charge in [-0.1, -0.05) is 6.07 Å². The summed E-state index contributed by atoms with van der Waals surface area (Å²) in [6, 6.07) is 3.30. The highest BCUT2D eigenvalue weighted by atomic mass is 19.4. The van der Waals surface area contributed by atoms with Crippen LogP contribution in [0.15, 0.2) is 23.1 Å². The van der Waals surface area contributed by atoms with E-state index in [2.05, 4.69) is 4.74 Å². The molecule has 2 N–H and O–H groups in total. The molecule has 1 aromatic rings. The van der Waals surface area contributed by atoms with Gasteiger partial charge in [0, 0.05) is 31.5 Å². The molecule has 18 heavy (non-hydrogen) atoms. The van der Waals surface area contributed by atoms with Gasteiger partial charge in [0.2, 0.25) is 0 Å². The van der Waals surface area contributed by atoms with E-state index in [0.717, 1.165) is 0 Å². The number of aryl methyl sites for hydroxylation is 1. The second kappa shape index (κ2) is 6.55. The summed E-state index contributed by atoms with van der Waals surface area (Å²) < 4.78 is 41.2. The van der Waals surface area contributed by atoms with Gasteiger partial charge in [-0.3, -0.25) is 4.79 Å². The van der Waals surface area contributed by atoms with Crippen molar-refractivity contribution in [2.45, 2.75) is 25.7 Å². The summed E-state index contributed by atoms with van der Waals surface area (Å²) in [5, 5.41) is 0. The van der Waals surface area contributed by atoms with Crippen LogP contribution in [0.1, 0.15) is 12.0 Å². The Labute approximate surface area is 102 Å². The van der Waals surface area contributed by atoms with E-state index in [1.165, 1.54) is 4.57 Å². The zero-order valence-electron chi connectivity index (χ0n) is 9.74. The van der Waals surface area contributed by atoms with Crippen LogP contribution in [0.4, 0.5) is 13.2 Å². The first-order valence-corrected chi connectivity index (χ1v) is 5.47. The van der Waals surface area contributed by atoms with Gasteiger partial charge in [-0.05, 0) is 12.5 Å². The van der Waals surface area contributed by atoms with Crippen molar-refractivity contribution in [2.75, 3.05) is 13.2 Å². The Morgan fingerprint density at radius 3 is 2.72 bits per heavy atom. The zero-order chi connectivity index (χ0) is 13.6. The van der Waals surface area contributed by atoms with Gasteiger partial charge in [-0.25, -0.2) is 0 Å². The number of rotatable bonds is 6. The van der Waals surface area contributed by atoms with Crippen LogP contribution in [0.5, 0.6) is 0 Å². The summed E-state index contributed by atoms with van der Waals surface area (Å²) in [6.45, 7) is -0.849. The van der Waals surface area contributed by atoms with E-state index in [0.29, 0.717) is 18.5 Å². The predicted molar refractivity (Wildman–Crippen MR) is 60.1 cm³/mol. The van der Waals surface area contributed by atoms with Gasteiger partial charge in [0.25, 0.3) is 5.56 Å². The Hall–Kier alpha value is -1.34. The molecule has 0 aliphatic carbocycles. The second-order valence-electron chi connectivity index (χ2n) is 3.76. The van der Waals surface area contributed by atoms with E-state index in [-0.39, 0.29) is 18.7 Å². The number of nitrogens with zero attached hydrogens (tertiary/aromatic N) is 1. The number of alkyl halides is 3. The molecule has 4 nitrogen and oxygen atoms in total. The minimum atomic E-state index is -4.31. The molecule has 0 spiro atoms. The van der Waals surface area contributed by atoms with E-state index in [1.54, 1.807) is 18.3 Å². The lowest BCUT2D eigenvalue weighted by atomic mass is 10.3. The summed E-state index contributed by atoms with van der Waals surface area (Å²) in [4.78, 5) is 11.7. The molecule has 102 valence electrons. The van der Waals surface area contributed by atoms with Crippen molar-refractivity contribution >= 4 is 0 Å². The first kappa shape index (κ1) is 14.7. The standard InChI is InChI=1S/C11H15F3N2O2/c12-11(13,14)8-18-6-2-5-16-4-1-3-9(7-15)10(16)17/h1,3-4H,2,5-8,15H2. The number of pyridine rings is 1. The van der Waals surface area contributed by atoms with E-state index in [4.69, 9.17) is 5.73 Å². The van der Waals surface area contributed by atoms with Crippen LogP contribution >= 0.6 is 0 Å². The molecule has 1 rings (SSSR count). The van der Waals surface area contributed by atoms with Crippen molar-refractivity contribution in [1.82, 2.24) is 4.57 Å². The predicted octanol–water partition coefficient (Wildman–Crippen LogP) is 1.28. The fourth-order valence-corrected chi connectivity index (χ4v) is 1.44. The van der Waals surface area contributed by atoms with Crippen molar-refractivity contribution in [3.63, 3.8) is 0 Å². The Balaban J connectivity index is 2.38. The van der Waals surface area contributed by atoms with Crippen LogP contribution in [0.3, 0.4) is 0 Å². The van der Waals surface area contributed by atoms with Crippen LogP contribution in [-0.4, -0.2) is 24.0 Å². The quantitative estimate of drug-likeness (QED) is 0.787. The lowest BCUT2D eigenvalue weighted by Gasteiger charge is -2.09. The van der Waals surface area contributed by atoms with Gasteiger partial charge >= 0.3 is 6.18 Å². The average Bonchev–Trinajstić information content (AvgIpc) is 2.29. The van der Waals surface area contributed by atoms with Crippen LogP contribution < -0.4 is 11.3 Å². The summed E-state index contributed by atoms with van der Waals surface area (Å²) in [5.41, 5.74) is 5.65. The molecule has 7 heteroatoms. The number of ether oxygens (including phenoxy) is 1. The molecule has 1 aromatic heterocycles. The van der Waals surface area contributed by atoms with Crippen molar-refractivity contribution in [1.29, 1.82) is 0 Å². The highest BCUT2D eigenvalue weighted by molar-refractivity contribution is 5.09.